The lowest BCUT2D eigenvalue weighted by Gasteiger charge is -2.36. The average molecular weight is 361 g/mol. The fourth-order valence-electron chi connectivity index (χ4n) is 2.24. The summed E-state index contributed by atoms with van der Waals surface area (Å²) in [5, 5.41) is 19.8. The van der Waals surface area contributed by atoms with E-state index in [1.807, 2.05) is 0 Å². The standard InChI is InChI=1S/C13H16INO3/c1-13(18)5-2-6-15(8-13)12(17)10-7-9(14)3-4-11(10)16/h3-4,7,16,18H,2,5-6,8H2,1H3. The van der Waals surface area contributed by atoms with E-state index >= 15 is 0 Å². The third-order valence-electron chi connectivity index (χ3n) is 3.15. The van der Waals surface area contributed by atoms with E-state index in [2.05, 4.69) is 22.6 Å². The summed E-state index contributed by atoms with van der Waals surface area (Å²) in [6.07, 6.45) is 1.48. The minimum Gasteiger partial charge on any atom is -0.507 e. The number of hydrogen-bond acceptors (Lipinski definition) is 3. The van der Waals surface area contributed by atoms with Gasteiger partial charge in [0.05, 0.1) is 11.2 Å². The largest absolute Gasteiger partial charge is 0.507 e. The van der Waals surface area contributed by atoms with E-state index in [1.54, 1.807) is 24.0 Å². The number of rotatable bonds is 1. The number of likely N-dealkylation sites (tertiary alicyclic amines) is 1. The van der Waals surface area contributed by atoms with Crippen molar-refractivity contribution in [1.29, 1.82) is 0 Å². The smallest absolute Gasteiger partial charge is 0.257 e. The molecule has 1 fully saturated rings. The molecule has 1 aliphatic heterocycles. The molecule has 0 radical (unpaired) electrons. The van der Waals surface area contributed by atoms with E-state index in [1.165, 1.54) is 6.07 Å². The summed E-state index contributed by atoms with van der Waals surface area (Å²) in [6, 6.07) is 4.94. The van der Waals surface area contributed by atoms with Crippen molar-refractivity contribution in [2.75, 3.05) is 13.1 Å². The fourth-order valence-corrected chi connectivity index (χ4v) is 2.73. The Balaban J connectivity index is 2.23. The predicted octanol–water partition coefficient (Wildman–Crippen LogP) is 1.98. The molecule has 0 bridgehead atoms. The normalized spacial score (nSPS) is 24.1. The summed E-state index contributed by atoms with van der Waals surface area (Å²) in [5.41, 5.74) is -0.523. The van der Waals surface area contributed by atoms with Gasteiger partial charge in [-0.05, 0) is 60.6 Å². The Morgan fingerprint density at radius 2 is 2.22 bits per heavy atom. The molecule has 0 spiro atoms. The highest BCUT2D eigenvalue weighted by molar-refractivity contribution is 14.1. The van der Waals surface area contributed by atoms with Crippen LogP contribution in [0.15, 0.2) is 18.2 Å². The second-order valence-electron chi connectivity index (χ2n) is 4.99. The second kappa shape index (κ2) is 5.05. The molecule has 0 saturated carbocycles. The molecule has 1 unspecified atom stereocenters. The molecular weight excluding hydrogens is 345 g/mol. The van der Waals surface area contributed by atoms with Gasteiger partial charge in [-0.25, -0.2) is 0 Å². The summed E-state index contributed by atoms with van der Waals surface area (Å²) in [4.78, 5) is 13.9. The number of phenolic OH excluding ortho intramolecular Hbond substituents is 1. The van der Waals surface area contributed by atoms with Gasteiger partial charge in [-0.2, -0.15) is 0 Å². The van der Waals surface area contributed by atoms with E-state index in [4.69, 9.17) is 0 Å². The lowest BCUT2D eigenvalue weighted by atomic mass is 9.94. The number of aliphatic hydroxyl groups is 1. The zero-order chi connectivity index (χ0) is 13.3. The summed E-state index contributed by atoms with van der Waals surface area (Å²) in [6.45, 7) is 2.68. The first-order chi connectivity index (χ1) is 8.39. The topological polar surface area (TPSA) is 60.8 Å². The molecule has 5 heteroatoms. The van der Waals surface area contributed by atoms with Crippen LogP contribution in [0.4, 0.5) is 0 Å². The Labute approximate surface area is 120 Å². The average Bonchev–Trinajstić information content (AvgIpc) is 2.30. The van der Waals surface area contributed by atoms with Gasteiger partial charge in [0.1, 0.15) is 5.75 Å². The molecule has 1 saturated heterocycles. The third kappa shape index (κ3) is 2.95. The minimum atomic E-state index is -0.828. The van der Waals surface area contributed by atoms with Gasteiger partial charge >= 0.3 is 0 Å². The van der Waals surface area contributed by atoms with Crippen molar-refractivity contribution < 1.29 is 15.0 Å². The highest BCUT2D eigenvalue weighted by atomic mass is 127. The number of piperidine rings is 1. The SMILES string of the molecule is CC1(O)CCCN(C(=O)c2cc(I)ccc2O)C1. The van der Waals surface area contributed by atoms with Gasteiger partial charge in [0.2, 0.25) is 0 Å². The van der Waals surface area contributed by atoms with Gasteiger partial charge in [0.25, 0.3) is 5.91 Å². The van der Waals surface area contributed by atoms with Crippen molar-refractivity contribution in [3.63, 3.8) is 0 Å². The number of halogens is 1. The first-order valence-electron chi connectivity index (χ1n) is 5.89. The fraction of sp³-hybridized carbons (Fsp3) is 0.462. The Hall–Kier alpha value is -0.820. The van der Waals surface area contributed by atoms with Gasteiger partial charge in [-0.3, -0.25) is 4.79 Å². The summed E-state index contributed by atoms with van der Waals surface area (Å²) in [5.74, 6) is -0.225. The van der Waals surface area contributed by atoms with Crippen LogP contribution in [0.25, 0.3) is 0 Å². The molecule has 98 valence electrons. The number of benzene rings is 1. The number of amides is 1. The zero-order valence-electron chi connectivity index (χ0n) is 10.2. The monoisotopic (exact) mass is 361 g/mol. The van der Waals surface area contributed by atoms with Crippen LogP contribution >= 0.6 is 22.6 Å². The van der Waals surface area contributed by atoms with Crippen LogP contribution in [0.2, 0.25) is 0 Å². The van der Waals surface area contributed by atoms with Gasteiger partial charge in [0.15, 0.2) is 0 Å². The molecule has 1 heterocycles. The first-order valence-corrected chi connectivity index (χ1v) is 6.97. The van der Waals surface area contributed by atoms with Crippen LogP contribution in [-0.2, 0) is 0 Å². The van der Waals surface area contributed by atoms with E-state index in [0.717, 1.165) is 9.99 Å². The molecule has 1 aromatic rings. The number of aromatic hydroxyl groups is 1. The summed E-state index contributed by atoms with van der Waals surface area (Å²) >= 11 is 2.10. The summed E-state index contributed by atoms with van der Waals surface area (Å²) < 4.78 is 0.900. The molecule has 1 atom stereocenters. The Morgan fingerprint density at radius 3 is 2.89 bits per heavy atom. The van der Waals surface area contributed by atoms with Crippen molar-refractivity contribution >= 4 is 28.5 Å². The number of hydrogen-bond donors (Lipinski definition) is 2. The predicted molar refractivity (Wildman–Crippen MR) is 76.6 cm³/mol. The maximum Gasteiger partial charge on any atom is 0.257 e. The number of carbonyl (C=O) groups excluding carboxylic acids is 1. The van der Waals surface area contributed by atoms with Gasteiger partial charge in [-0.1, -0.05) is 0 Å². The van der Waals surface area contributed by atoms with Crippen LogP contribution in [-0.4, -0.2) is 39.7 Å². The Bertz CT molecular complexity index is 473. The molecule has 0 aliphatic carbocycles. The molecule has 2 rings (SSSR count). The quantitative estimate of drug-likeness (QED) is 0.753. The van der Waals surface area contributed by atoms with E-state index in [-0.39, 0.29) is 11.7 Å². The molecule has 1 amide bonds. The first kappa shape index (κ1) is 13.6. The number of β-amino-alcohol motifs (C(OH)–C–C–N with tert-alkyl or cyclic N) is 1. The number of nitrogens with zero attached hydrogens (tertiary/aromatic N) is 1. The van der Waals surface area contributed by atoms with Crippen molar-refractivity contribution in [3.05, 3.63) is 27.3 Å². The second-order valence-corrected chi connectivity index (χ2v) is 6.23. The van der Waals surface area contributed by atoms with Crippen LogP contribution in [0, 0.1) is 3.57 Å². The minimum absolute atomic E-state index is 0.00867. The van der Waals surface area contributed by atoms with Crippen LogP contribution < -0.4 is 0 Å². The van der Waals surface area contributed by atoms with Crippen LogP contribution in [0.5, 0.6) is 5.75 Å². The Kier molecular flexibility index (Phi) is 3.82. The molecule has 2 N–H and O–H groups in total. The lowest BCUT2D eigenvalue weighted by Crippen LogP contribution is -2.48. The highest BCUT2D eigenvalue weighted by Gasteiger charge is 2.32. The van der Waals surface area contributed by atoms with Gasteiger partial charge < -0.3 is 15.1 Å². The van der Waals surface area contributed by atoms with Gasteiger partial charge in [0, 0.05) is 16.7 Å². The van der Waals surface area contributed by atoms with E-state index in [0.29, 0.717) is 25.1 Å². The molecule has 4 nitrogen and oxygen atoms in total. The maximum atomic E-state index is 12.3. The number of phenols is 1. The van der Waals surface area contributed by atoms with E-state index in [9.17, 15) is 15.0 Å². The Morgan fingerprint density at radius 1 is 1.50 bits per heavy atom. The highest BCUT2D eigenvalue weighted by Crippen LogP contribution is 2.25. The summed E-state index contributed by atoms with van der Waals surface area (Å²) in [7, 11) is 0. The molecule has 1 aliphatic rings. The molecule has 18 heavy (non-hydrogen) atoms. The van der Waals surface area contributed by atoms with E-state index < -0.39 is 5.60 Å². The zero-order valence-corrected chi connectivity index (χ0v) is 12.3. The van der Waals surface area contributed by atoms with Gasteiger partial charge in [-0.15, -0.1) is 0 Å². The number of carbonyl (C=O) groups is 1. The van der Waals surface area contributed by atoms with Crippen molar-refractivity contribution in [2.45, 2.75) is 25.4 Å². The lowest BCUT2D eigenvalue weighted by molar-refractivity contribution is -0.0108. The van der Waals surface area contributed by atoms with Crippen molar-refractivity contribution in [1.82, 2.24) is 4.90 Å². The maximum absolute atomic E-state index is 12.3. The van der Waals surface area contributed by atoms with Crippen molar-refractivity contribution in [2.24, 2.45) is 0 Å². The molecule has 1 aromatic carbocycles. The molecular formula is C13H16INO3. The van der Waals surface area contributed by atoms with Crippen molar-refractivity contribution in [3.8, 4) is 5.75 Å². The van der Waals surface area contributed by atoms with Crippen LogP contribution in [0.1, 0.15) is 30.1 Å². The molecule has 0 aromatic heterocycles. The third-order valence-corrected chi connectivity index (χ3v) is 3.82. The van der Waals surface area contributed by atoms with Crippen LogP contribution in [0.3, 0.4) is 0 Å².